The number of benzene rings is 2. The van der Waals surface area contributed by atoms with Crippen LogP contribution in [0.15, 0.2) is 53.6 Å². The molecular weight excluding hydrogens is 316 g/mol. The minimum absolute atomic E-state index is 0.810. The zero-order chi connectivity index (χ0) is 16.5. The quantitative estimate of drug-likeness (QED) is 0.420. The molecule has 0 atom stereocenters. The van der Waals surface area contributed by atoms with Crippen LogP contribution in [0.3, 0.4) is 0 Å². The Hall–Kier alpha value is -2.66. The molecule has 2 heterocycles. The number of hydrogen-bond donors (Lipinski definition) is 1. The van der Waals surface area contributed by atoms with Crippen molar-refractivity contribution in [2.75, 3.05) is 5.43 Å². The topological polar surface area (TPSA) is 42.2 Å². The van der Waals surface area contributed by atoms with Gasteiger partial charge in [-0.3, -0.25) is 5.43 Å². The molecule has 0 radical (unpaired) electrons. The fraction of sp³-hybridized carbons (Fsp3) is 0.158. The van der Waals surface area contributed by atoms with Crippen molar-refractivity contribution in [3.05, 3.63) is 59.8 Å². The van der Waals surface area contributed by atoms with Gasteiger partial charge in [-0.05, 0) is 32.0 Å². The van der Waals surface area contributed by atoms with Gasteiger partial charge in [0.2, 0.25) is 5.13 Å². The molecule has 24 heavy (non-hydrogen) atoms. The lowest BCUT2D eigenvalue weighted by molar-refractivity contribution is 0.769. The molecule has 5 heteroatoms. The van der Waals surface area contributed by atoms with E-state index >= 15 is 0 Å². The van der Waals surface area contributed by atoms with Crippen molar-refractivity contribution in [1.29, 1.82) is 0 Å². The fourth-order valence-electron chi connectivity index (χ4n) is 3.10. The zero-order valence-electron chi connectivity index (χ0n) is 13.7. The molecule has 2 aromatic heterocycles. The SMILES string of the molecule is CCn1c(C)c(/C=N\Nc2nc3ccccc3s2)c2ccccc21. The molecule has 0 saturated heterocycles. The number of hydrazone groups is 1. The van der Waals surface area contributed by atoms with Crippen molar-refractivity contribution in [2.45, 2.75) is 20.4 Å². The summed E-state index contributed by atoms with van der Waals surface area (Å²) in [7, 11) is 0. The number of hydrogen-bond acceptors (Lipinski definition) is 4. The van der Waals surface area contributed by atoms with Gasteiger partial charge < -0.3 is 4.57 Å². The van der Waals surface area contributed by atoms with E-state index in [0.717, 1.165) is 27.5 Å². The lowest BCUT2D eigenvalue weighted by Crippen LogP contribution is -1.97. The first kappa shape index (κ1) is 14.9. The van der Waals surface area contributed by atoms with Crippen LogP contribution < -0.4 is 5.43 Å². The maximum atomic E-state index is 4.54. The summed E-state index contributed by atoms with van der Waals surface area (Å²) in [5, 5.41) is 6.46. The Labute approximate surface area is 144 Å². The van der Waals surface area contributed by atoms with Crippen LogP contribution in [0.1, 0.15) is 18.2 Å². The third kappa shape index (κ3) is 2.47. The Kier molecular flexibility index (Phi) is 3.78. The van der Waals surface area contributed by atoms with E-state index in [9.17, 15) is 0 Å². The van der Waals surface area contributed by atoms with Crippen molar-refractivity contribution in [2.24, 2.45) is 5.10 Å². The molecule has 0 aliphatic carbocycles. The van der Waals surface area contributed by atoms with Crippen LogP contribution in [0, 0.1) is 6.92 Å². The predicted octanol–water partition coefficient (Wildman–Crippen LogP) is 5.03. The maximum absolute atomic E-state index is 4.54. The van der Waals surface area contributed by atoms with Crippen LogP contribution in [0.5, 0.6) is 0 Å². The van der Waals surface area contributed by atoms with Gasteiger partial charge in [-0.15, -0.1) is 0 Å². The highest BCUT2D eigenvalue weighted by atomic mass is 32.1. The summed E-state index contributed by atoms with van der Waals surface area (Å²) in [6, 6.07) is 16.6. The molecular formula is C19H18N4S. The number of nitrogens with zero attached hydrogens (tertiary/aromatic N) is 3. The predicted molar refractivity (Wildman–Crippen MR) is 103 cm³/mol. The first-order valence-electron chi connectivity index (χ1n) is 8.00. The van der Waals surface area contributed by atoms with E-state index in [1.165, 1.54) is 16.6 Å². The second-order valence-electron chi connectivity index (χ2n) is 5.62. The van der Waals surface area contributed by atoms with Crippen molar-refractivity contribution in [3.8, 4) is 0 Å². The zero-order valence-corrected chi connectivity index (χ0v) is 14.5. The fourth-order valence-corrected chi connectivity index (χ4v) is 3.92. The highest BCUT2D eigenvalue weighted by molar-refractivity contribution is 7.22. The molecule has 120 valence electrons. The molecule has 0 saturated carbocycles. The second-order valence-corrected chi connectivity index (χ2v) is 6.65. The number of fused-ring (bicyclic) bond motifs is 2. The van der Waals surface area contributed by atoms with Gasteiger partial charge in [-0.1, -0.05) is 41.7 Å². The smallest absolute Gasteiger partial charge is 0.204 e. The highest BCUT2D eigenvalue weighted by Gasteiger charge is 2.10. The van der Waals surface area contributed by atoms with Gasteiger partial charge in [0.25, 0.3) is 0 Å². The first-order valence-corrected chi connectivity index (χ1v) is 8.82. The van der Waals surface area contributed by atoms with E-state index in [0.29, 0.717) is 0 Å². The normalized spacial score (nSPS) is 11.8. The van der Waals surface area contributed by atoms with Crippen molar-refractivity contribution in [1.82, 2.24) is 9.55 Å². The van der Waals surface area contributed by atoms with Gasteiger partial charge >= 0.3 is 0 Å². The van der Waals surface area contributed by atoms with E-state index in [-0.39, 0.29) is 0 Å². The molecule has 4 aromatic rings. The molecule has 0 unspecified atom stereocenters. The van der Waals surface area contributed by atoms with Crippen molar-refractivity contribution >= 4 is 43.8 Å². The summed E-state index contributed by atoms with van der Waals surface area (Å²) >= 11 is 1.61. The molecule has 0 aliphatic heterocycles. The van der Waals surface area contributed by atoms with Crippen LogP contribution in [-0.2, 0) is 6.54 Å². The van der Waals surface area contributed by atoms with Gasteiger partial charge in [0.1, 0.15) is 0 Å². The average Bonchev–Trinajstić information content (AvgIpc) is 3.13. The third-order valence-corrected chi connectivity index (χ3v) is 5.18. The number of aromatic nitrogens is 2. The van der Waals surface area contributed by atoms with Gasteiger partial charge in [-0.25, -0.2) is 4.98 Å². The molecule has 0 amide bonds. The molecule has 0 spiro atoms. The van der Waals surface area contributed by atoms with Crippen molar-refractivity contribution < 1.29 is 0 Å². The molecule has 0 bridgehead atoms. The number of para-hydroxylation sites is 2. The number of anilines is 1. The Morgan fingerprint density at radius 1 is 1.17 bits per heavy atom. The van der Waals surface area contributed by atoms with E-state index in [1.807, 2.05) is 24.4 Å². The molecule has 2 aromatic carbocycles. The second kappa shape index (κ2) is 6.09. The molecule has 4 nitrogen and oxygen atoms in total. The first-order chi connectivity index (χ1) is 11.8. The van der Waals surface area contributed by atoms with E-state index in [4.69, 9.17) is 0 Å². The lowest BCUT2D eigenvalue weighted by atomic mass is 10.1. The maximum Gasteiger partial charge on any atom is 0.204 e. The Balaban J connectivity index is 1.66. The molecule has 0 fully saturated rings. The summed E-state index contributed by atoms with van der Waals surface area (Å²) in [4.78, 5) is 4.54. The Bertz CT molecular complexity index is 1010. The number of nitrogens with one attached hydrogen (secondary N) is 1. The summed E-state index contributed by atoms with van der Waals surface area (Å²) in [5.74, 6) is 0. The summed E-state index contributed by atoms with van der Waals surface area (Å²) in [6.07, 6.45) is 1.90. The Morgan fingerprint density at radius 3 is 2.79 bits per heavy atom. The van der Waals surface area contributed by atoms with Gasteiger partial charge in [0.05, 0.1) is 16.4 Å². The van der Waals surface area contributed by atoms with Crippen LogP contribution in [0.2, 0.25) is 0 Å². The third-order valence-electron chi connectivity index (χ3n) is 4.24. The minimum Gasteiger partial charge on any atom is -0.344 e. The average molecular weight is 334 g/mol. The number of aryl methyl sites for hydroxylation is 1. The van der Waals surface area contributed by atoms with Gasteiger partial charge in [-0.2, -0.15) is 5.10 Å². The molecule has 1 N–H and O–H groups in total. The minimum atomic E-state index is 0.810. The van der Waals surface area contributed by atoms with Crippen LogP contribution in [0.4, 0.5) is 5.13 Å². The van der Waals surface area contributed by atoms with Gasteiger partial charge in [0.15, 0.2) is 0 Å². The van der Waals surface area contributed by atoms with Crippen LogP contribution in [-0.4, -0.2) is 15.8 Å². The summed E-state index contributed by atoms with van der Waals surface area (Å²) in [5.41, 5.74) is 7.70. The number of thiazole rings is 1. The molecule has 0 aliphatic rings. The monoisotopic (exact) mass is 334 g/mol. The van der Waals surface area contributed by atoms with Crippen molar-refractivity contribution in [3.63, 3.8) is 0 Å². The summed E-state index contributed by atoms with van der Waals surface area (Å²) < 4.78 is 3.47. The Morgan fingerprint density at radius 2 is 1.96 bits per heavy atom. The lowest BCUT2D eigenvalue weighted by Gasteiger charge is -2.03. The van der Waals surface area contributed by atoms with E-state index in [2.05, 4.69) is 64.3 Å². The van der Waals surface area contributed by atoms with Crippen LogP contribution in [0.25, 0.3) is 21.1 Å². The van der Waals surface area contributed by atoms with E-state index in [1.54, 1.807) is 11.3 Å². The van der Waals surface area contributed by atoms with E-state index < -0.39 is 0 Å². The standard InChI is InChI=1S/C19H18N4S/c1-3-23-13(2)15(14-8-4-6-10-17(14)23)12-20-22-19-21-16-9-5-7-11-18(16)24-19/h4-12H,3H2,1-2H3,(H,21,22)/b20-12-. The summed E-state index contributed by atoms with van der Waals surface area (Å²) in [6.45, 7) is 5.26. The largest absolute Gasteiger partial charge is 0.344 e. The highest BCUT2D eigenvalue weighted by Crippen LogP contribution is 2.26. The van der Waals surface area contributed by atoms with Crippen LogP contribution >= 0.6 is 11.3 Å². The van der Waals surface area contributed by atoms with Gasteiger partial charge in [0, 0.05) is 28.7 Å². The number of rotatable bonds is 4. The molecule has 4 rings (SSSR count).